The van der Waals surface area contributed by atoms with Gasteiger partial charge in [-0.25, -0.2) is 14.4 Å². The standard InChI is InChI=1S/C11H9ClFN3S/c12-10-4-9(6-17-7-13)15-11(16-10)8-2-1-3-14-5-8/h1-5H,6-7H2. The molecule has 0 unspecified atom stereocenters. The van der Waals surface area contributed by atoms with Crippen LogP contribution < -0.4 is 0 Å². The molecule has 0 fully saturated rings. The Kier molecular flexibility index (Phi) is 4.28. The van der Waals surface area contributed by atoms with Crippen LogP contribution in [0.3, 0.4) is 0 Å². The topological polar surface area (TPSA) is 38.7 Å². The molecule has 0 N–H and O–H groups in total. The molecule has 0 aromatic carbocycles. The lowest BCUT2D eigenvalue weighted by Gasteiger charge is -2.03. The molecule has 0 amide bonds. The van der Waals surface area contributed by atoms with Crippen LogP contribution in [0.2, 0.25) is 5.15 Å². The third-order valence-corrected chi connectivity index (χ3v) is 2.84. The van der Waals surface area contributed by atoms with E-state index in [9.17, 15) is 4.39 Å². The third-order valence-electron chi connectivity index (χ3n) is 1.99. The van der Waals surface area contributed by atoms with E-state index >= 15 is 0 Å². The van der Waals surface area contributed by atoms with Crippen molar-refractivity contribution in [3.63, 3.8) is 0 Å². The zero-order valence-electron chi connectivity index (χ0n) is 8.81. The summed E-state index contributed by atoms with van der Waals surface area (Å²) in [5, 5.41) is 0.355. The minimum Gasteiger partial charge on any atom is -0.264 e. The van der Waals surface area contributed by atoms with Crippen molar-refractivity contribution in [2.75, 3.05) is 6.01 Å². The van der Waals surface area contributed by atoms with E-state index in [1.54, 1.807) is 24.5 Å². The second-order valence-corrected chi connectivity index (χ2v) is 4.51. The van der Waals surface area contributed by atoms with E-state index in [4.69, 9.17) is 11.6 Å². The van der Waals surface area contributed by atoms with Gasteiger partial charge >= 0.3 is 0 Å². The summed E-state index contributed by atoms with van der Waals surface area (Å²) < 4.78 is 12.1. The highest BCUT2D eigenvalue weighted by atomic mass is 35.5. The highest BCUT2D eigenvalue weighted by Gasteiger charge is 2.06. The van der Waals surface area contributed by atoms with E-state index < -0.39 is 6.01 Å². The predicted octanol–water partition coefficient (Wildman–Crippen LogP) is 3.35. The molecule has 0 aliphatic rings. The summed E-state index contributed by atoms with van der Waals surface area (Å²) in [7, 11) is 0. The molecular formula is C11H9ClFN3S. The normalized spacial score (nSPS) is 10.5. The fourth-order valence-corrected chi connectivity index (χ4v) is 1.95. The number of rotatable bonds is 4. The van der Waals surface area contributed by atoms with Crippen LogP contribution in [-0.4, -0.2) is 21.0 Å². The molecule has 0 spiro atoms. The molecule has 2 aromatic rings. The van der Waals surface area contributed by atoms with Gasteiger partial charge in [0, 0.05) is 23.7 Å². The summed E-state index contributed by atoms with van der Waals surface area (Å²) in [6.45, 7) is 0. The summed E-state index contributed by atoms with van der Waals surface area (Å²) in [5.74, 6) is 0.992. The molecule has 2 rings (SSSR count). The maximum Gasteiger partial charge on any atom is 0.162 e. The van der Waals surface area contributed by atoms with Crippen LogP contribution in [0.15, 0.2) is 30.6 Å². The maximum absolute atomic E-state index is 12.1. The SMILES string of the molecule is FCSCc1cc(Cl)nc(-c2cccnc2)n1. The zero-order valence-corrected chi connectivity index (χ0v) is 10.4. The van der Waals surface area contributed by atoms with E-state index in [1.165, 1.54) is 0 Å². The van der Waals surface area contributed by atoms with Crippen molar-refractivity contribution in [2.45, 2.75) is 5.75 Å². The summed E-state index contributed by atoms with van der Waals surface area (Å²) in [6.07, 6.45) is 3.34. The zero-order chi connectivity index (χ0) is 12.1. The number of aromatic nitrogens is 3. The van der Waals surface area contributed by atoms with Crippen LogP contribution >= 0.6 is 23.4 Å². The van der Waals surface area contributed by atoms with E-state index in [0.717, 1.165) is 17.3 Å². The highest BCUT2D eigenvalue weighted by Crippen LogP contribution is 2.19. The van der Waals surface area contributed by atoms with Gasteiger partial charge in [0.25, 0.3) is 0 Å². The molecule has 0 radical (unpaired) electrons. The van der Waals surface area contributed by atoms with E-state index in [1.807, 2.05) is 6.07 Å². The van der Waals surface area contributed by atoms with Crippen molar-refractivity contribution >= 4 is 23.4 Å². The molecule has 3 nitrogen and oxygen atoms in total. The van der Waals surface area contributed by atoms with Crippen LogP contribution in [0.5, 0.6) is 0 Å². The molecule has 2 heterocycles. The molecule has 0 aliphatic carbocycles. The van der Waals surface area contributed by atoms with Gasteiger partial charge in [0.15, 0.2) is 5.82 Å². The number of hydrogen-bond acceptors (Lipinski definition) is 4. The second-order valence-electron chi connectivity index (χ2n) is 3.20. The van der Waals surface area contributed by atoms with E-state index in [2.05, 4.69) is 15.0 Å². The highest BCUT2D eigenvalue weighted by molar-refractivity contribution is 7.98. The molecule has 88 valence electrons. The number of halogens is 2. The lowest BCUT2D eigenvalue weighted by Crippen LogP contribution is -1.95. The predicted molar refractivity (Wildman–Crippen MR) is 67.5 cm³/mol. The van der Waals surface area contributed by atoms with Gasteiger partial charge in [0.1, 0.15) is 11.2 Å². The van der Waals surface area contributed by atoms with Crippen LogP contribution in [0.1, 0.15) is 5.69 Å². The molecule has 0 atom stereocenters. The Morgan fingerprint density at radius 2 is 2.24 bits per heavy atom. The minimum absolute atomic E-state index is 0.355. The average molecular weight is 270 g/mol. The van der Waals surface area contributed by atoms with E-state index in [-0.39, 0.29) is 0 Å². The Hall–Kier alpha value is -1.20. The summed E-state index contributed by atoms with van der Waals surface area (Å²) in [5.41, 5.74) is 1.51. The molecule has 17 heavy (non-hydrogen) atoms. The number of thioether (sulfide) groups is 1. The first kappa shape index (κ1) is 12.3. The van der Waals surface area contributed by atoms with Gasteiger partial charge in [-0.2, -0.15) is 0 Å². The van der Waals surface area contributed by atoms with Crippen molar-refractivity contribution in [1.29, 1.82) is 0 Å². The fourth-order valence-electron chi connectivity index (χ4n) is 1.31. The van der Waals surface area contributed by atoms with Crippen LogP contribution in [0.4, 0.5) is 4.39 Å². The molecular weight excluding hydrogens is 261 g/mol. The molecule has 2 aromatic heterocycles. The van der Waals surface area contributed by atoms with E-state index in [0.29, 0.717) is 22.4 Å². The van der Waals surface area contributed by atoms with Gasteiger partial charge in [-0.3, -0.25) is 4.98 Å². The smallest absolute Gasteiger partial charge is 0.162 e. The summed E-state index contributed by atoms with van der Waals surface area (Å²) in [6, 6.07) is 4.86. The van der Waals surface area contributed by atoms with Crippen molar-refractivity contribution in [3.05, 3.63) is 41.4 Å². The largest absolute Gasteiger partial charge is 0.264 e. The second kappa shape index (κ2) is 5.93. The number of hydrogen-bond donors (Lipinski definition) is 0. The van der Waals surface area contributed by atoms with Gasteiger partial charge in [-0.05, 0) is 18.2 Å². The first-order valence-corrected chi connectivity index (χ1v) is 6.40. The van der Waals surface area contributed by atoms with Gasteiger partial charge in [0.05, 0.1) is 5.69 Å². The fraction of sp³-hybridized carbons (Fsp3) is 0.182. The molecule has 0 bridgehead atoms. The Morgan fingerprint density at radius 1 is 1.35 bits per heavy atom. The van der Waals surface area contributed by atoms with Crippen LogP contribution in [0, 0.1) is 0 Å². The van der Waals surface area contributed by atoms with Gasteiger partial charge in [-0.1, -0.05) is 11.6 Å². The van der Waals surface area contributed by atoms with Crippen LogP contribution in [0.25, 0.3) is 11.4 Å². The molecule has 0 saturated carbocycles. The number of alkyl halides is 1. The Bertz CT molecular complexity index is 495. The first-order chi connectivity index (χ1) is 8.29. The Balaban J connectivity index is 2.32. The van der Waals surface area contributed by atoms with Gasteiger partial charge < -0.3 is 0 Å². The van der Waals surface area contributed by atoms with Crippen LogP contribution in [-0.2, 0) is 5.75 Å². The summed E-state index contributed by atoms with van der Waals surface area (Å²) >= 11 is 7.05. The van der Waals surface area contributed by atoms with Gasteiger partial charge in [0.2, 0.25) is 0 Å². The summed E-state index contributed by atoms with van der Waals surface area (Å²) in [4.78, 5) is 12.4. The van der Waals surface area contributed by atoms with Crippen molar-refractivity contribution in [3.8, 4) is 11.4 Å². The minimum atomic E-state index is -0.441. The first-order valence-electron chi connectivity index (χ1n) is 4.87. The average Bonchev–Trinajstić information content (AvgIpc) is 2.37. The van der Waals surface area contributed by atoms with Crippen molar-refractivity contribution in [2.24, 2.45) is 0 Å². The van der Waals surface area contributed by atoms with Crippen molar-refractivity contribution < 1.29 is 4.39 Å². The lowest BCUT2D eigenvalue weighted by molar-refractivity contribution is 0.605. The monoisotopic (exact) mass is 269 g/mol. The number of pyridine rings is 1. The lowest BCUT2D eigenvalue weighted by atomic mass is 10.2. The van der Waals surface area contributed by atoms with Crippen molar-refractivity contribution in [1.82, 2.24) is 15.0 Å². The number of nitrogens with zero attached hydrogens (tertiary/aromatic N) is 3. The molecule has 0 aliphatic heterocycles. The molecule has 0 saturated heterocycles. The quantitative estimate of drug-likeness (QED) is 0.798. The Labute approximate surface area is 107 Å². The maximum atomic E-state index is 12.1. The molecule has 6 heteroatoms. The Morgan fingerprint density at radius 3 is 2.94 bits per heavy atom. The third kappa shape index (κ3) is 3.38. The van der Waals surface area contributed by atoms with Gasteiger partial charge in [-0.15, -0.1) is 11.8 Å².